The Morgan fingerprint density at radius 3 is 2.61 bits per heavy atom. The molecule has 8 nitrogen and oxygen atoms in total. The van der Waals surface area contributed by atoms with Crippen molar-refractivity contribution >= 4 is 29.1 Å². The molecule has 0 aromatic heterocycles. The smallest absolute Gasteiger partial charge is 0.257 e. The summed E-state index contributed by atoms with van der Waals surface area (Å²) in [6.45, 7) is 2.23. The van der Waals surface area contributed by atoms with Gasteiger partial charge < -0.3 is 25.0 Å². The SMILES string of the molecule is Cc1ccccc1NC(=O)C[C@H]1CC[C@H]2[C@@H](COc3ccc(NC(=O)C4CCC4)cc3C(=O)N2C)O1. The number of amides is 3. The lowest BCUT2D eigenvalue weighted by atomic mass is 9.85. The molecule has 3 atom stereocenters. The van der Waals surface area contributed by atoms with Gasteiger partial charge in [0.25, 0.3) is 5.91 Å². The van der Waals surface area contributed by atoms with Crippen LogP contribution in [-0.4, -0.2) is 54.5 Å². The molecular weight excluding hydrogens is 458 g/mol. The van der Waals surface area contributed by atoms with Gasteiger partial charge in [-0.25, -0.2) is 0 Å². The molecule has 3 aliphatic rings. The zero-order valence-corrected chi connectivity index (χ0v) is 20.8. The molecule has 0 spiro atoms. The van der Waals surface area contributed by atoms with Crippen LogP contribution in [0.15, 0.2) is 42.5 Å². The Morgan fingerprint density at radius 1 is 1.06 bits per heavy atom. The van der Waals surface area contributed by atoms with E-state index >= 15 is 0 Å². The van der Waals surface area contributed by atoms with E-state index < -0.39 is 0 Å². The lowest BCUT2D eigenvalue weighted by Crippen LogP contribution is -2.53. The Bertz CT molecular complexity index is 1160. The molecule has 1 saturated heterocycles. The average Bonchev–Trinajstić information content (AvgIpc) is 2.82. The number of likely N-dealkylation sites (N-methyl/N-ethyl adjacent to an activating group) is 1. The fourth-order valence-corrected chi connectivity index (χ4v) is 5.14. The van der Waals surface area contributed by atoms with Crippen molar-refractivity contribution in [2.45, 2.75) is 63.7 Å². The van der Waals surface area contributed by atoms with E-state index in [0.29, 0.717) is 29.8 Å². The Hall–Kier alpha value is -3.39. The second kappa shape index (κ2) is 10.3. The Labute approximate surface area is 211 Å². The highest BCUT2D eigenvalue weighted by molar-refractivity contribution is 6.00. The van der Waals surface area contributed by atoms with E-state index in [1.54, 1.807) is 30.1 Å². The maximum atomic E-state index is 13.4. The van der Waals surface area contributed by atoms with E-state index in [1.165, 1.54) is 0 Å². The summed E-state index contributed by atoms with van der Waals surface area (Å²) in [6.07, 6.45) is 3.97. The number of rotatable bonds is 5. The molecule has 0 bridgehead atoms. The highest BCUT2D eigenvalue weighted by atomic mass is 16.5. The van der Waals surface area contributed by atoms with Gasteiger partial charge in [0.2, 0.25) is 11.8 Å². The summed E-state index contributed by atoms with van der Waals surface area (Å²) in [7, 11) is 1.78. The number of nitrogens with one attached hydrogen (secondary N) is 2. The third-order valence-electron chi connectivity index (χ3n) is 7.59. The third kappa shape index (κ3) is 5.09. The third-order valence-corrected chi connectivity index (χ3v) is 7.59. The number of hydrogen-bond donors (Lipinski definition) is 2. The van der Waals surface area contributed by atoms with Crippen molar-refractivity contribution in [1.29, 1.82) is 0 Å². The zero-order valence-electron chi connectivity index (χ0n) is 20.8. The van der Waals surface area contributed by atoms with Crippen LogP contribution < -0.4 is 15.4 Å². The summed E-state index contributed by atoms with van der Waals surface area (Å²) < 4.78 is 12.3. The number of fused-ring (bicyclic) bond motifs is 2. The summed E-state index contributed by atoms with van der Waals surface area (Å²) in [6, 6.07) is 12.7. The number of benzene rings is 2. The largest absolute Gasteiger partial charge is 0.490 e. The predicted molar refractivity (Wildman–Crippen MR) is 136 cm³/mol. The van der Waals surface area contributed by atoms with Crippen LogP contribution in [0, 0.1) is 12.8 Å². The minimum atomic E-state index is -0.338. The zero-order chi connectivity index (χ0) is 25.2. The lowest BCUT2D eigenvalue weighted by Gasteiger charge is -2.42. The topological polar surface area (TPSA) is 97.0 Å². The second-order valence-electron chi connectivity index (χ2n) is 10.1. The molecule has 0 unspecified atom stereocenters. The minimum absolute atomic E-state index is 0.00649. The second-order valence-corrected chi connectivity index (χ2v) is 10.1. The Morgan fingerprint density at radius 2 is 1.86 bits per heavy atom. The summed E-state index contributed by atoms with van der Waals surface area (Å²) in [4.78, 5) is 40.1. The van der Waals surface area contributed by atoms with Crippen molar-refractivity contribution in [3.05, 3.63) is 53.6 Å². The molecule has 2 aromatic rings. The van der Waals surface area contributed by atoms with Crippen LogP contribution in [0.2, 0.25) is 0 Å². The van der Waals surface area contributed by atoms with Gasteiger partial charge in [-0.05, 0) is 62.4 Å². The summed E-state index contributed by atoms with van der Waals surface area (Å²) in [5, 5.41) is 5.91. The van der Waals surface area contributed by atoms with E-state index in [0.717, 1.165) is 30.5 Å². The first-order valence-corrected chi connectivity index (χ1v) is 12.7. The van der Waals surface area contributed by atoms with Crippen LogP contribution in [0.1, 0.15) is 54.4 Å². The van der Waals surface area contributed by atoms with Gasteiger partial charge in [-0.3, -0.25) is 14.4 Å². The normalized spacial score (nSPS) is 23.8. The predicted octanol–water partition coefficient (Wildman–Crippen LogP) is 4.14. The Balaban J connectivity index is 1.24. The number of carbonyl (C=O) groups is 3. The maximum absolute atomic E-state index is 13.4. The van der Waals surface area contributed by atoms with Crippen LogP contribution in [0.3, 0.4) is 0 Å². The van der Waals surface area contributed by atoms with Crippen molar-refractivity contribution in [2.75, 3.05) is 24.3 Å². The van der Waals surface area contributed by atoms with Crippen molar-refractivity contribution < 1.29 is 23.9 Å². The van der Waals surface area contributed by atoms with Gasteiger partial charge in [0.15, 0.2) is 0 Å². The monoisotopic (exact) mass is 491 g/mol. The molecule has 36 heavy (non-hydrogen) atoms. The maximum Gasteiger partial charge on any atom is 0.257 e. The van der Waals surface area contributed by atoms with E-state index in [2.05, 4.69) is 10.6 Å². The fourth-order valence-electron chi connectivity index (χ4n) is 5.14. The molecule has 2 aliphatic heterocycles. The highest BCUT2D eigenvalue weighted by Crippen LogP contribution is 2.33. The first-order valence-electron chi connectivity index (χ1n) is 12.7. The number of hydrogen-bond acceptors (Lipinski definition) is 5. The van der Waals surface area contributed by atoms with Gasteiger partial charge in [-0.1, -0.05) is 24.6 Å². The minimum Gasteiger partial charge on any atom is -0.490 e. The lowest BCUT2D eigenvalue weighted by molar-refractivity contribution is -0.130. The number of nitrogens with zero attached hydrogens (tertiary/aromatic N) is 1. The number of ether oxygens (including phenoxy) is 2. The van der Waals surface area contributed by atoms with Gasteiger partial charge in [-0.2, -0.15) is 0 Å². The van der Waals surface area contributed by atoms with Crippen molar-refractivity contribution in [3.63, 3.8) is 0 Å². The standard InChI is InChI=1S/C28H33N3O5/c1-17-6-3-4-9-22(17)30-26(32)15-20-11-12-23-25(36-20)16-35-24-13-10-19(14-21(24)28(34)31(23)2)29-27(33)18-7-5-8-18/h3-4,6,9-10,13-14,18,20,23,25H,5,7-8,11-12,15-16H2,1-2H3,(H,29,33)(H,30,32)/t20-,23+,25-/m1/s1. The van der Waals surface area contributed by atoms with Crippen molar-refractivity contribution in [3.8, 4) is 5.75 Å². The van der Waals surface area contributed by atoms with Crippen LogP contribution in [0.5, 0.6) is 5.75 Å². The van der Waals surface area contributed by atoms with Gasteiger partial charge in [0.05, 0.1) is 24.1 Å². The van der Waals surface area contributed by atoms with Crippen LogP contribution in [0.25, 0.3) is 0 Å². The molecule has 2 N–H and O–H groups in total. The first kappa shape index (κ1) is 24.3. The summed E-state index contributed by atoms with van der Waals surface area (Å²) in [5.41, 5.74) is 2.85. The van der Waals surface area contributed by atoms with E-state index in [9.17, 15) is 14.4 Å². The van der Waals surface area contributed by atoms with Gasteiger partial charge in [0.1, 0.15) is 18.5 Å². The molecule has 190 valence electrons. The van der Waals surface area contributed by atoms with Gasteiger partial charge in [0, 0.05) is 24.3 Å². The quantitative estimate of drug-likeness (QED) is 0.655. The molecule has 5 rings (SSSR count). The molecule has 8 heteroatoms. The molecule has 3 amide bonds. The molecule has 2 aromatic carbocycles. The number of anilines is 2. The van der Waals surface area contributed by atoms with E-state index in [4.69, 9.17) is 9.47 Å². The van der Waals surface area contributed by atoms with Gasteiger partial charge >= 0.3 is 0 Å². The Kier molecular flexibility index (Phi) is 6.96. The highest BCUT2D eigenvalue weighted by Gasteiger charge is 2.39. The van der Waals surface area contributed by atoms with Crippen LogP contribution >= 0.6 is 0 Å². The number of carbonyl (C=O) groups excluding carboxylic acids is 3. The molecule has 2 fully saturated rings. The van der Waals surface area contributed by atoms with E-state index in [1.807, 2.05) is 31.2 Å². The molecular formula is C28H33N3O5. The number of para-hydroxylation sites is 1. The van der Waals surface area contributed by atoms with E-state index in [-0.39, 0.29) is 54.9 Å². The first-order chi connectivity index (χ1) is 17.4. The number of aryl methyl sites for hydroxylation is 1. The van der Waals surface area contributed by atoms with Gasteiger partial charge in [-0.15, -0.1) is 0 Å². The van der Waals surface area contributed by atoms with Crippen LogP contribution in [0.4, 0.5) is 11.4 Å². The molecule has 2 heterocycles. The molecule has 0 radical (unpaired) electrons. The fraction of sp³-hybridized carbons (Fsp3) is 0.464. The summed E-state index contributed by atoms with van der Waals surface area (Å²) >= 11 is 0. The van der Waals surface area contributed by atoms with Crippen molar-refractivity contribution in [1.82, 2.24) is 4.90 Å². The van der Waals surface area contributed by atoms with Crippen molar-refractivity contribution in [2.24, 2.45) is 5.92 Å². The van der Waals surface area contributed by atoms with Crippen LogP contribution in [-0.2, 0) is 14.3 Å². The summed E-state index contributed by atoms with van der Waals surface area (Å²) in [5.74, 6) is 0.278. The molecule has 1 aliphatic carbocycles. The average molecular weight is 492 g/mol. The molecule has 1 saturated carbocycles.